The molecule has 3 aliphatic rings. The first-order valence-electron chi connectivity index (χ1n) is 9.89. The summed E-state index contributed by atoms with van der Waals surface area (Å²) in [7, 11) is 0. The number of carbonyl (C=O) groups excluding carboxylic acids is 1. The molecule has 5 rings (SSSR count). The molecule has 3 aliphatic heterocycles. The van der Waals surface area contributed by atoms with Crippen LogP contribution in [0.3, 0.4) is 0 Å². The third-order valence-corrected chi connectivity index (χ3v) is 5.87. The standard InChI is InChI=1S/C22H24N4O2/c1-14(2)28-19-6-4-16(11-24-19)20-18-9-17(5-3-15(18)10-25-20)26-8-7-22(21(26)27)12-23-13-22/h3-6,9,11,14,23H,7-8,10,12-13H2,1-2H3. The number of nitrogens with one attached hydrogen (secondary N) is 1. The van der Waals surface area contributed by atoms with Crippen LogP contribution in [0.25, 0.3) is 0 Å². The molecule has 1 aromatic heterocycles. The number of hydrogen-bond donors (Lipinski definition) is 1. The van der Waals surface area contributed by atoms with Crippen molar-refractivity contribution in [2.24, 2.45) is 10.4 Å². The Labute approximate surface area is 164 Å². The molecule has 6 heteroatoms. The lowest BCUT2D eigenvalue weighted by Crippen LogP contribution is -2.57. The summed E-state index contributed by atoms with van der Waals surface area (Å²) >= 11 is 0. The van der Waals surface area contributed by atoms with Gasteiger partial charge in [-0.1, -0.05) is 6.07 Å². The van der Waals surface area contributed by atoms with Gasteiger partial charge in [0.2, 0.25) is 11.8 Å². The molecular formula is C22H24N4O2. The lowest BCUT2D eigenvalue weighted by Gasteiger charge is -2.37. The van der Waals surface area contributed by atoms with Crippen LogP contribution in [-0.4, -0.2) is 42.3 Å². The molecule has 0 radical (unpaired) electrons. The second-order valence-electron chi connectivity index (χ2n) is 8.15. The van der Waals surface area contributed by atoms with Crippen LogP contribution in [0.4, 0.5) is 5.69 Å². The van der Waals surface area contributed by atoms with Crippen molar-refractivity contribution in [3.8, 4) is 5.88 Å². The number of ether oxygens (including phenoxy) is 1. The number of aliphatic imine (C=N–C) groups is 1. The van der Waals surface area contributed by atoms with E-state index in [9.17, 15) is 4.79 Å². The van der Waals surface area contributed by atoms with Crippen molar-refractivity contribution < 1.29 is 9.53 Å². The number of rotatable bonds is 4. The van der Waals surface area contributed by atoms with Gasteiger partial charge in [-0.2, -0.15) is 0 Å². The van der Waals surface area contributed by atoms with E-state index in [0.717, 1.165) is 48.6 Å². The van der Waals surface area contributed by atoms with Crippen molar-refractivity contribution in [2.75, 3.05) is 24.5 Å². The fourth-order valence-electron chi connectivity index (χ4n) is 4.24. The lowest BCUT2D eigenvalue weighted by molar-refractivity contribution is -0.127. The van der Waals surface area contributed by atoms with Crippen LogP contribution in [0.15, 0.2) is 41.5 Å². The Morgan fingerprint density at radius 3 is 2.71 bits per heavy atom. The number of benzene rings is 1. The van der Waals surface area contributed by atoms with E-state index in [-0.39, 0.29) is 17.4 Å². The van der Waals surface area contributed by atoms with Gasteiger partial charge in [-0.05, 0) is 44.0 Å². The van der Waals surface area contributed by atoms with Gasteiger partial charge in [0.1, 0.15) is 0 Å². The van der Waals surface area contributed by atoms with Crippen molar-refractivity contribution in [3.05, 3.63) is 53.2 Å². The Morgan fingerprint density at radius 1 is 1.21 bits per heavy atom. The average Bonchev–Trinajstić information content (AvgIpc) is 3.22. The van der Waals surface area contributed by atoms with Gasteiger partial charge in [0, 0.05) is 48.7 Å². The number of aromatic nitrogens is 1. The molecule has 2 aromatic rings. The molecule has 1 spiro atoms. The summed E-state index contributed by atoms with van der Waals surface area (Å²) in [6.07, 6.45) is 2.84. The van der Waals surface area contributed by atoms with Crippen LogP contribution in [0.5, 0.6) is 5.88 Å². The summed E-state index contributed by atoms with van der Waals surface area (Å²) in [4.78, 5) is 24.0. The highest BCUT2D eigenvalue weighted by atomic mass is 16.5. The van der Waals surface area contributed by atoms with Crippen LogP contribution < -0.4 is 15.0 Å². The van der Waals surface area contributed by atoms with Gasteiger partial charge in [-0.3, -0.25) is 9.79 Å². The average molecular weight is 376 g/mol. The minimum atomic E-state index is -0.175. The number of nitrogens with zero attached hydrogens (tertiary/aromatic N) is 3. The molecule has 1 N–H and O–H groups in total. The third kappa shape index (κ3) is 2.71. The van der Waals surface area contributed by atoms with Gasteiger partial charge in [0.05, 0.1) is 23.8 Å². The van der Waals surface area contributed by atoms with Gasteiger partial charge in [0.15, 0.2) is 0 Å². The number of fused-ring (bicyclic) bond motifs is 1. The van der Waals surface area contributed by atoms with Gasteiger partial charge in [-0.25, -0.2) is 4.98 Å². The van der Waals surface area contributed by atoms with E-state index in [1.807, 2.05) is 37.1 Å². The van der Waals surface area contributed by atoms with Gasteiger partial charge in [-0.15, -0.1) is 0 Å². The van der Waals surface area contributed by atoms with E-state index < -0.39 is 0 Å². The number of pyridine rings is 1. The second kappa shape index (κ2) is 6.41. The van der Waals surface area contributed by atoms with Crippen molar-refractivity contribution in [1.29, 1.82) is 0 Å². The van der Waals surface area contributed by atoms with E-state index in [2.05, 4.69) is 28.5 Å². The highest BCUT2D eigenvalue weighted by Gasteiger charge is 2.51. The van der Waals surface area contributed by atoms with Crippen LogP contribution in [0.2, 0.25) is 0 Å². The fraction of sp³-hybridized carbons (Fsp3) is 0.409. The lowest BCUT2D eigenvalue weighted by atomic mass is 9.80. The zero-order valence-electron chi connectivity index (χ0n) is 16.2. The molecule has 1 amide bonds. The molecule has 1 aromatic carbocycles. The molecule has 28 heavy (non-hydrogen) atoms. The van der Waals surface area contributed by atoms with E-state index in [1.54, 1.807) is 0 Å². The van der Waals surface area contributed by atoms with Gasteiger partial charge < -0.3 is 15.0 Å². The Morgan fingerprint density at radius 2 is 2.07 bits per heavy atom. The fourth-order valence-corrected chi connectivity index (χ4v) is 4.24. The zero-order valence-corrected chi connectivity index (χ0v) is 16.2. The Hall–Kier alpha value is -2.73. The zero-order chi connectivity index (χ0) is 19.3. The molecular weight excluding hydrogens is 352 g/mol. The quantitative estimate of drug-likeness (QED) is 0.891. The minimum absolute atomic E-state index is 0.0950. The third-order valence-electron chi connectivity index (χ3n) is 5.87. The van der Waals surface area contributed by atoms with Crippen molar-refractivity contribution >= 4 is 17.3 Å². The highest BCUT2D eigenvalue weighted by Crippen LogP contribution is 2.39. The molecule has 4 heterocycles. The summed E-state index contributed by atoms with van der Waals surface area (Å²) in [5.41, 5.74) is 4.98. The normalized spacial score (nSPS) is 19.8. The molecule has 144 valence electrons. The minimum Gasteiger partial charge on any atom is -0.475 e. The molecule has 2 fully saturated rings. The number of carbonyl (C=O) groups is 1. The summed E-state index contributed by atoms with van der Waals surface area (Å²) < 4.78 is 5.64. The maximum atomic E-state index is 12.9. The first-order chi connectivity index (χ1) is 13.6. The maximum Gasteiger partial charge on any atom is 0.235 e. The van der Waals surface area contributed by atoms with Gasteiger partial charge in [0.25, 0.3) is 0 Å². The van der Waals surface area contributed by atoms with E-state index in [1.165, 1.54) is 5.56 Å². The molecule has 6 nitrogen and oxygen atoms in total. The summed E-state index contributed by atoms with van der Waals surface area (Å²) in [5, 5.41) is 3.25. The number of anilines is 1. The largest absolute Gasteiger partial charge is 0.475 e. The molecule has 0 atom stereocenters. The monoisotopic (exact) mass is 376 g/mol. The Balaban J connectivity index is 1.42. The Kier molecular flexibility index (Phi) is 3.98. The Bertz CT molecular complexity index is 961. The number of hydrogen-bond acceptors (Lipinski definition) is 5. The smallest absolute Gasteiger partial charge is 0.235 e. The molecule has 0 saturated carbocycles. The van der Waals surface area contributed by atoms with E-state index in [4.69, 9.17) is 9.73 Å². The van der Waals surface area contributed by atoms with E-state index in [0.29, 0.717) is 12.4 Å². The first-order valence-corrected chi connectivity index (χ1v) is 9.89. The summed E-state index contributed by atoms with van der Waals surface area (Å²) in [6.45, 7) is 7.02. The van der Waals surface area contributed by atoms with Crippen molar-refractivity contribution in [2.45, 2.75) is 32.9 Å². The summed E-state index contributed by atoms with van der Waals surface area (Å²) in [5.74, 6) is 0.868. The highest BCUT2D eigenvalue weighted by molar-refractivity contribution is 6.15. The van der Waals surface area contributed by atoms with Crippen LogP contribution >= 0.6 is 0 Å². The summed E-state index contributed by atoms with van der Waals surface area (Å²) in [6, 6.07) is 10.2. The first kappa shape index (κ1) is 17.4. The maximum absolute atomic E-state index is 12.9. The number of amides is 1. The predicted octanol–water partition coefficient (Wildman–Crippen LogP) is 2.55. The predicted molar refractivity (Wildman–Crippen MR) is 108 cm³/mol. The molecule has 0 bridgehead atoms. The van der Waals surface area contributed by atoms with Crippen LogP contribution in [0, 0.1) is 5.41 Å². The van der Waals surface area contributed by atoms with Crippen molar-refractivity contribution in [3.63, 3.8) is 0 Å². The van der Waals surface area contributed by atoms with Gasteiger partial charge >= 0.3 is 0 Å². The molecule has 2 saturated heterocycles. The second-order valence-corrected chi connectivity index (χ2v) is 8.15. The van der Waals surface area contributed by atoms with Crippen molar-refractivity contribution in [1.82, 2.24) is 10.3 Å². The van der Waals surface area contributed by atoms with E-state index >= 15 is 0 Å². The molecule has 0 aliphatic carbocycles. The van der Waals surface area contributed by atoms with Crippen LogP contribution in [0.1, 0.15) is 37.0 Å². The van der Waals surface area contributed by atoms with Crippen LogP contribution in [-0.2, 0) is 11.3 Å². The molecule has 0 unspecified atom stereocenters. The topological polar surface area (TPSA) is 66.8 Å². The SMILES string of the molecule is CC(C)Oc1ccc(C2=NCc3ccc(N4CCC5(CNC5)C4=O)cc32)cn1.